The number of fused-ring (bicyclic) bond motifs is 9. The number of nitrogens with zero attached hydrogens (tertiary/aromatic N) is 3. The molecule has 3 heterocycles. The zero-order chi connectivity index (χ0) is 31.1. The first-order valence-electron chi connectivity index (χ1n) is 15.7. The number of aromatic nitrogens is 2. The van der Waals surface area contributed by atoms with Crippen molar-refractivity contribution in [2.24, 2.45) is 0 Å². The van der Waals surface area contributed by atoms with Gasteiger partial charge in [0.25, 0.3) is 0 Å². The quantitative estimate of drug-likeness (QED) is 0.203. The van der Waals surface area contributed by atoms with Gasteiger partial charge in [-0.3, -0.25) is 0 Å². The smallest absolute Gasteiger partial charge is 0.136 e. The molecule has 0 aliphatic carbocycles. The van der Waals surface area contributed by atoms with E-state index in [1.54, 1.807) is 0 Å². The van der Waals surface area contributed by atoms with Crippen LogP contribution in [0.4, 0.5) is 0 Å². The third kappa shape index (κ3) is 3.75. The first kappa shape index (κ1) is 25.7. The molecule has 4 heteroatoms. The van der Waals surface area contributed by atoms with E-state index < -0.39 is 0 Å². The molecule has 0 unspecified atom stereocenters. The van der Waals surface area contributed by atoms with Crippen LogP contribution in [0.5, 0.6) is 0 Å². The first-order chi connectivity index (χ1) is 23.2. The van der Waals surface area contributed by atoms with Gasteiger partial charge < -0.3 is 13.6 Å². The second-order valence-corrected chi connectivity index (χ2v) is 12.1. The van der Waals surface area contributed by atoms with Gasteiger partial charge in [-0.25, -0.2) is 0 Å². The fraction of sp³-hybridized carbons (Fsp3) is 0. The van der Waals surface area contributed by atoms with E-state index in [-0.39, 0.29) is 0 Å². The van der Waals surface area contributed by atoms with Crippen LogP contribution in [0.1, 0.15) is 5.56 Å². The number of hydrogen-bond donors (Lipinski definition) is 0. The van der Waals surface area contributed by atoms with E-state index >= 15 is 0 Å². The Bertz CT molecular complexity index is 2860. The molecule has 0 aliphatic heterocycles. The average molecular weight is 600 g/mol. The van der Waals surface area contributed by atoms with Gasteiger partial charge in [0.2, 0.25) is 0 Å². The lowest BCUT2D eigenvalue weighted by molar-refractivity contribution is 0.669. The fourth-order valence-corrected chi connectivity index (χ4v) is 7.44. The summed E-state index contributed by atoms with van der Waals surface area (Å²) in [5.74, 6) is 0. The van der Waals surface area contributed by atoms with Crippen molar-refractivity contribution in [3.8, 4) is 28.6 Å². The highest BCUT2D eigenvalue weighted by Crippen LogP contribution is 2.39. The van der Waals surface area contributed by atoms with Crippen LogP contribution < -0.4 is 0 Å². The molecule has 0 saturated carbocycles. The van der Waals surface area contributed by atoms with Crippen molar-refractivity contribution >= 4 is 65.6 Å². The van der Waals surface area contributed by atoms with Gasteiger partial charge in [-0.05, 0) is 77.9 Å². The van der Waals surface area contributed by atoms with E-state index in [0.717, 1.165) is 71.9 Å². The van der Waals surface area contributed by atoms with Gasteiger partial charge in [0.05, 0.1) is 33.7 Å². The summed E-state index contributed by atoms with van der Waals surface area (Å²) in [6.07, 6.45) is 0. The molecule has 3 aromatic heterocycles. The zero-order valence-corrected chi connectivity index (χ0v) is 25.2. The summed E-state index contributed by atoms with van der Waals surface area (Å²) in [6.45, 7) is 0. The van der Waals surface area contributed by atoms with E-state index in [9.17, 15) is 5.26 Å². The molecule has 0 saturated heterocycles. The standard InChI is InChI=1S/C43H25N3O/c44-26-27-21-29(23-31(22-27)46-38-13-5-1-9-32(38)33-10-2-6-14-39(33)46)28-17-19-30(20-18-28)45-40-15-7-3-11-34(40)36-25-43-37(24-41(36)45)35-12-4-8-16-42(35)47-43/h1-25H. The minimum Gasteiger partial charge on any atom is -0.456 e. The first-order valence-corrected chi connectivity index (χ1v) is 15.7. The Hall–Kier alpha value is -6.57. The fourth-order valence-electron chi connectivity index (χ4n) is 7.44. The Morgan fingerprint density at radius 3 is 1.64 bits per heavy atom. The summed E-state index contributed by atoms with van der Waals surface area (Å²) in [5.41, 5.74) is 11.0. The van der Waals surface area contributed by atoms with Gasteiger partial charge in [0.1, 0.15) is 11.2 Å². The van der Waals surface area contributed by atoms with E-state index in [0.29, 0.717) is 5.56 Å². The van der Waals surface area contributed by atoms with Gasteiger partial charge >= 0.3 is 0 Å². The summed E-state index contributed by atoms with van der Waals surface area (Å²) in [4.78, 5) is 0. The molecule has 218 valence electrons. The van der Waals surface area contributed by atoms with Crippen LogP contribution in [0, 0.1) is 11.3 Å². The maximum atomic E-state index is 10.1. The van der Waals surface area contributed by atoms with Crippen LogP contribution in [0.25, 0.3) is 88.1 Å². The lowest BCUT2D eigenvalue weighted by Gasteiger charge is -2.13. The lowest BCUT2D eigenvalue weighted by atomic mass is 10.0. The Kier molecular flexibility index (Phi) is 5.32. The number of rotatable bonds is 3. The van der Waals surface area contributed by atoms with Crippen molar-refractivity contribution in [1.29, 1.82) is 5.26 Å². The molecule has 0 fully saturated rings. The summed E-state index contributed by atoms with van der Waals surface area (Å²) >= 11 is 0. The molecular weight excluding hydrogens is 574 g/mol. The molecule has 0 bridgehead atoms. The van der Waals surface area contributed by atoms with Crippen LogP contribution in [0.2, 0.25) is 0 Å². The molecule has 10 aromatic rings. The van der Waals surface area contributed by atoms with Crippen molar-refractivity contribution in [3.63, 3.8) is 0 Å². The molecule has 7 aromatic carbocycles. The van der Waals surface area contributed by atoms with Crippen molar-refractivity contribution < 1.29 is 4.42 Å². The SMILES string of the molecule is N#Cc1cc(-c2ccc(-n3c4ccccc4c4cc5oc6ccccc6c5cc43)cc2)cc(-n2c3ccccc3c3ccccc32)c1. The summed E-state index contributed by atoms with van der Waals surface area (Å²) in [6, 6.07) is 55.4. The molecule has 0 atom stereocenters. The van der Waals surface area contributed by atoms with Gasteiger partial charge in [0, 0.05) is 43.7 Å². The van der Waals surface area contributed by atoms with Gasteiger partial charge in [-0.2, -0.15) is 5.26 Å². The predicted molar refractivity (Wildman–Crippen MR) is 193 cm³/mol. The van der Waals surface area contributed by atoms with Gasteiger partial charge in [-0.1, -0.05) is 84.9 Å². The minimum atomic E-state index is 0.627. The van der Waals surface area contributed by atoms with Gasteiger partial charge in [-0.15, -0.1) is 0 Å². The molecule has 0 spiro atoms. The maximum absolute atomic E-state index is 10.1. The van der Waals surface area contributed by atoms with Crippen LogP contribution in [-0.2, 0) is 0 Å². The Morgan fingerprint density at radius 1 is 0.404 bits per heavy atom. The summed E-state index contributed by atoms with van der Waals surface area (Å²) in [5, 5.41) is 17.1. The highest BCUT2D eigenvalue weighted by atomic mass is 16.3. The summed E-state index contributed by atoms with van der Waals surface area (Å²) < 4.78 is 10.9. The second-order valence-electron chi connectivity index (χ2n) is 12.1. The third-order valence-electron chi connectivity index (χ3n) is 9.52. The monoisotopic (exact) mass is 599 g/mol. The number of hydrogen-bond acceptors (Lipinski definition) is 2. The largest absolute Gasteiger partial charge is 0.456 e. The molecule has 47 heavy (non-hydrogen) atoms. The normalized spacial score (nSPS) is 11.8. The highest BCUT2D eigenvalue weighted by molar-refractivity contribution is 6.17. The number of benzene rings is 7. The average Bonchev–Trinajstić information content (AvgIpc) is 3.78. The third-order valence-corrected chi connectivity index (χ3v) is 9.52. The van der Waals surface area contributed by atoms with E-state index in [1.165, 1.54) is 16.2 Å². The molecule has 4 nitrogen and oxygen atoms in total. The Labute approximate surface area is 269 Å². The number of nitriles is 1. The lowest BCUT2D eigenvalue weighted by Crippen LogP contribution is -1.96. The predicted octanol–water partition coefficient (Wildman–Crippen LogP) is 11.3. The zero-order valence-electron chi connectivity index (χ0n) is 25.2. The van der Waals surface area contributed by atoms with Gasteiger partial charge in [0.15, 0.2) is 0 Å². The van der Waals surface area contributed by atoms with E-state index in [2.05, 4.69) is 143 Å². The van der Waals surface area contributed by atoms with Crippen LogP contribution >= 0.6 is 0 Å². The van der Waals surface area contributed by atoms with Crippen LogP contribution in [0.15, 0.2) is 156 Å². The van der Waals surface area contributed by atoms with E-state index in [4.69, 9.17) is 4.42 Å². The summed E-state index contributed by atoms with van der Waals surface area (Å²) in [7, 11) is 0. The highest BCUT2D eigenvalue weighted by Gasteiger charge is 2.17. The van der Waals surface area contributed by atoms with Crippen molar-refractivity contribution in [3.05, 3.63) is 157 Å². The maximum Gasteiger partial charge on any atom is 0.136 e. The van der Waals surface area contributed by atoms with Crippen molar-refractivity contribution in [2.45, 2.75) is 0 Å². The van der Waals surface area contributed by atoms with Crippen LogP contribution in [0.3, 0.4) is 0 Å². The molecule has 10 rings (SSSR count). The molecule has 0 N–H and O–H groups in total. The second kappa shape index (κ2) is 9.71. The van der Waals surface area contributed by atoms with Crippen LogP contribution in [-0.4, -0.2) is 9.13 Å². The Morgan fingerprint density at radius 2 is 0.979 bits per heavy atom. The topological polar surface area (TPSA) is 46.8 Å². The molecule has 0 aliphatic rings. The Balaban J connectivity index is 1.15. The van der Waals surface area contributed by atoms with Crippen molar-refractivity contribution in [1.82, 2.24) is 9.13 Å². The molecular formula is C43H25N3O. The number of para-hydroxylation sites is 4. The van der Waals surface area contributed by atoms with Crippen molar-refractivity contribution in [2.75, 3.05) is 0 Å². The van der Waals surface area contributed by atoms with E-state index in [1.807, 2.05) is 24.3 Å². The molecule has 0 amide bonds. The minimum absolute atomic E-state index is 0.627. The number of furan rings is 1. The molecule has 0 radical (unpaired) electrons.